The molecule has 19 heavy (non-hydrogen) atoms. The van der Waals surface area contributed by atoms with Crippen LogP contribution in [0.25, 0.3) is 11.4 Å². The van der Waals surface area contributed by atoms with Crippen molar-refractivity contribution in [3.8, 4) is 22.9 Å². The minimum Gasteiger partial charge on any atom is -0.504 e. The van der Waals surface area contributed by atoms with Crippen molar-refractivity contribution >= 4 is 0 Å². The smallest absolute Gasteiger partial charge is 0.254 e. The fraction of sp³-hybridized carbons (Fsp3) is 0.286. The topological polar surface area (TPSA) is 86.2 Å². The normalized spacial score (nSPS) is 10.9. The molecule has 0 saturated carbocycles. The molecule has 0 fully saturated rings. The number of H-pyrrole nitrogens is 1. The van der Waals surface area contributed by atoms with Crippen molar-refractivity contribution in [2.45, 2.75) is 26.7 Å². The summed E-state index contributed by atoms with van der Waals surface area (Å²) in [6.07, 6.45) is 0. The van der Waals surface area contributed by atoms with E-state index in [1.807, 2.05) is 13.8 Å². The average molecular weight is 260 g/mol. The molecule has 0 aliphatic heterocycles. The van der Waals surface area contributed by atoms with Crippen molar-refractivity contribution in [1.29, 1.82) is 0 Å². The standard InChI is InChI=1S/C14H16N2O3/c1-7(2)12-8(3)15-13(16-14(12)19)9-4-5-10(17)11(18)6-9/h4-7,17-18H,1-3H3,(H,15,16,19). The predicted molar refractivity (Wildman–Crippen MR) is 72.4 cm³/mol. The highest BCUT2D eigenvalue weighted by atomic mass is 16.3. The molecule has 0 aliphatic rings. The van der Waals surface area contributed by atoms with Gasteiger partial charge in [-0.05, 0) is 31.0 Å². The molecule has 0 amide bonds. The van der Waals surface area contributed by atoms with E-state index in [1.54, 1.807) is 13.0 Å². The van der Waals surface area contributed by atoms with Crippen molar-refractivity contribution in [3.05, 3.63) is 39.8 Å². The Morgan fingerprint density at radius 1 is 1.21 bits per heavy atom. The summed E-state index contributed by atoms with van der Waals surface area (Å²) in [7, 11) is 0. The van der Waals surface area contributed by atoms with E-state index in [0.29, 0.717) is 22.6 Å². The summed E-state index contributed by atoms with van der Waals surface area (Å²) in [6.45, 7) is 5.66. The monoisotopic (exact) mass is 260 g/mol. The summed E-state index contributed by atoms with van der Waals surface area (Å²) in [5, 5.41) is 18.7. The Kier molecular flexibility index (Phi) is 3.29. The molecule has 5 heteroatoms. The summed E-state index contributed by atoms with van der Waals surface area (Å²) in [4.78, 5) is 19.1. The fourth-order valence-corrected chi connectivity index (χ4v) is 2.08. The largest absolute Gasteiger partial charge is 0.504 e. The number of aromatic amines is 1. The van der Waals surface area contributed by atoms with Crippen molar-refractivity contribution in [3.63, 3.8) is 0 Å². The van der Waals surface area contributed by atoms with E-state index in [0.717, 1.165) is 0 Å². The SMILES string of the molecule is Cc1nc(-c2ccc(O)c(O)c2)[nH]c(=O)c1C(C)C. The lowest BCUT2D eigenvalue weighted by atomic mass is 10.0. The Hall–Kier alpha value is -2.30. The van der Waals surface area contributed by atoms with E-state index in [4.69, 9.17) is 0 Å². The molecular formula is C14H16N2O3. The molecule has 0 spiro atoms. The summed E-state index contributed by atoms with van der Waals surface area (Å²) in [5.74, 6) is 0.0214. The molecule has 1 heterocycles. The first-order chi connectivity index (χ1) is 8.90. The predicted octanol–water partition coefficient (Wildman–Crippen LogP) is 2.28. The number of hydrogen-bond donors (Lipinski definition) is 3. The van der Waals surface area contributed by atoms with Crippen LogP contribution in [0.2, 0.25) is 0 Å². The lowest BCUT2D eigenvalue weighted by Gasteiger charge is -2.10. The van der Waals surface area contributed by atoms with Crippen molar-refractivity contribution in [1.82, 2.24) is 9.97 Å². The molecule has 0 aliphatic carbocycles. The quantitative estimate of drug-likeness (QED) is 0.723. The van der Waals surface area contributed by atoms with Gasteiger partial charge < -0.3 is 15.2 Å². The van der Waals surface area contributed by atoms with Gasteiger partial charge in [0.1, 0.15) is 5.82 Å². The first kappa shape index (κ1) is 13.1. The van der Waals surface area contributed by atoms with E-state index in [9.17, 15) is 15.0 Å². The third-order valence-corrected chi connectivity index (χ3v) is 2.97. The Bertz CT molecular complexity index is 675. The second kappa shape index (κ2) is 4.76. The summed E-state index contributed by atoms with van der Waals surface area (Å²) in [5.41, 5.74) is 1.70. The van der Waals surface area contributed by atoms with Gasteiger partial charge in [-0.2, -0.15) is 0 Å². The molecule has 5 nitrogen and oxygen atoms in total. The number of nitrogens with one attached hydrogen (secondary N) is 1. The number of rotatable bonds is 2. The van der Waals surface area contributed by atoms with Gasteiger partial charge in [0.25, 0.3) is 5.56 Å². The number of benzene rings is 1. The number of aryl methyl sites for hydroxylation is 1. The first-order valence-electron chi connectivity index (χ1n) is 6.03. The lowest BCUT2D eigenvalue weighted by molar-refractivity contribution is 0.404. The molecule has 0 radical (unpaired) electrons. The van der Waals surface area contributed by atoms with Crippen molar-refractivity contribution in [2.75, 3.05) is 0 Å². The molecule has 1 aromatic heterocycles. The third kappa shape index (κ3) is 2.45. The number of hydrogen-bond acceptors (Lipinski definition) is 4. The van der Waals surface area contributed by atoms with E-state index in [1.165, 1.54) is 12.1 Å². The minimum atomic E-state index is -0.245. The highest BCUT2D eigenvalue weighted by molar-refractivity contribution is 5.60. The van der Waals surface area contributed by atoms with Crippen LogP contribution in [-0.2, 0) is 0 Å². The van der Waals surface area contributed by atoms with E-state index < -0.39 is 0 Å². The van der Waals surface area contributed by atoms with Crippen LogP contribution in [0.4, 0.5) is 0 Å². The summed E-state index contributed by atoms with van der Waals surface area (Å²) >= 11 is 0. The van der Waals surface area contributed by atoms with Crippen LogP contribution < -0.4 is 5.56 Å². The van der Waals surface area contributed by atoms with Crippen LogP contribution in [-0.4, -0.2) is 20.2 Å². The van der Waals surface area contributed by atoms with Gasteiger partial charge in [0, 0.05) is 16.8 Å². The van der Waals surface area contributed by atoms with Gasteiger partial charge in [-0.15, -0.1) is 0 Å². The maximum Gasteiger partial charge on any atom is 0.254 e. The molecule has 0 bridgehead atoms. The van der Waals surface area contributed by atoms with Gasteiger partial charge in [0.2, 0.25) is 0 Å². The maximum atomic E-state index is 12.0. The van der Waals surface area contributed by atoms with E-state index in [-0.39, 0.29) is 23.0 Å². The van der Waals surface area contributed by atoms with Crippen LogP contribution in [0.15, 0.2) is 23.0 Å². The van der Waals surface area contributed by atoms with Gasteiger partial charge in [-0.1, -0.05) is 13.8 Å². The third-order valence-electron chi connectivity index (χ3n) is 2.97. The van der Waals surface area contributed by atoms with Crippen LogP contribution in [0.5, 0.6) is 11.5 Å². The van der Waals surface area contributed by atoms with Gasteiger partial charge >= 0.3 is 0 Å². The molecule has 100 valence electrons. The molecule has 0 atom stereocenters. The molecular weight excluding hydrogens is 244 g/mol. The molecule has 0 saturated heterocycles. The zero-order valence-electron chi connectivity index (χ0n) is 11.1. The number of phenols is 2. The van der Waals surface area contributed by atoms with Crippen LogP contribution in [0.1, 0.15) is 31.0 Å². The first-order valence-corrected chi connectivity index (χ1v) is 6.03. The Morgan fingerprint density at radius 3 is 2.42 bits per heavy atom. The second-order valence-electron chi connectivity index (χ2n) is 4.77. The summed E-state index contributed by atoms with van der Waals surface area (Å²) in [6, 6.07) is 4.31. The van der Waals surface area contributed by atoms with Gasteiger partial charge in [0.05, 0.1) is 0 Å². The molecule has 1 aromatic carbocycles. The Labute approximate surface area is 110 Å². The van der Waals surface area contributed by atoms with Crippen molar-refractivity contribution in [2.24, 2.45) is 0 Å². The highest BCUT2D eigenvalue weighted by Gasteiger charge is 2.13. The van der Waals surface area contributed by atoms with Gasteiger partial charge in [-0.3, -0.25) is 4.79 Å². The molecule has 2 aromatic rings. The minimum absolute atomic E-state index is 0.0959. The van der Waals surface area contributed by atoms with Gasteiger partial charge in [0.15, 0.2) is 11.5 Å². The second-order valence-corrected chi connectivity index (χ2v) is 4.77. The Morgan fingerprint density at radius 2 is 1.89 bits per heavy atom. The number of aromatic nitrogens is 2. The van der Waals surface area contributed by atoms with Gasteiger partial charge in [-0.25, -0.2) is 4.98 Å². The highest BCUT2D eigenvalue weighted by Crippen LogP contribution is 2.29. The number of nitrogens with zero attached hydrogens (tertiary/aromatic N) is 1. The number of aromatic hydroxyl groups is 2. The van der Waals surface area contributed by atoms with Crippen molar-refractivity contribution < 1.29 is 10.2 Å². The maximum absolute atomic E-state index is 12.0. The number of phenolic OH excluding ortho intramolecular Hbond substituents is 2. The molecule has 2 rings (SSSR count). The molecule has 3 N–H and O–H groups in total. The van der Waals surface area contributed by atoms with Crippen LogP contribution in [0.3, 0.4) is 0 Å². The molecule has 0 unspecified atom stereocenters. The average Bonchev–Trinajstić information content (AvgIpc) is 2.31. The lowest BCUT2D eigenvalue weighted by Crippen LogP contribution is -2.18. The zero-order valence-corrected chi connectivity index (χ0v) is 11.1. The fourth-order valence-electron chi connectivity index (χ4n) is 2.08. The van der Waals surface area contributed by atoms with Crippen LogP contribution in [0, 0.1) is 6.92 Å². The van der Waals surface area contributed by atoms with Crippen LogP contribution >= 0.6 is 0 Å². The zero-order chi connectivity index (χ0) is 14.2. The Balaban J connectivity index is 2.58. The van der Waals surface area contributed by atoms with E-state index >= 15 is 0 Å². The summed E-state index contributed by atoms with van der Waals surface area (Å²) < 4.78 is 0. The van der Waals surface area contributed by atoms with E-state index in [2.05, 4.69) is 9.97 Å².